The third kappa shape index (κ3) is 3.03. The molecular formula is C16H16N2O2. The summed E-state index contributed by atoms with van der Waals surface area (Å²) >= 11 is 0. The Morgan fingerprint density at radius 1 is 0.950 bits per heavy atom. The van der Waals surface area contributed by atoms with Gasteiger partial charge in [0, 0.05) is 12.6 Å². The Balaban J connectivity index is 2.26. The minimum absolute atomic E-state index is 0.231. The van der Waals surface area contributed by atoms with E-state index in [-0.39, 0.29) is 11.8 Å². The molecule has 2 aromatic carbocycles. The second-order valence-electron chi connectivity index (χ2n) is 4.45. The van der Waals surface area contributed by atoms with Gasteiger partial charge >= 0.3 is 0 Å². The Morgan fingerprint density at radius 3 is 2.40 bits per heavy atom. The van der Waals surface area contributed by atoms with Crippen molar-refractivity contribution in [2.75, 3.05) is 12.4 Å². The number of para-hydroxylation sites is 1. The summed E-state index contributed by atoms with van der Waals surface area (Å²) in [6.45, 7) is 1.93. The first-order chi connectivity index (χ1) is 9.61. The van der Waals surface area contributed by atoms with E-state index in [2.05, 4.69) is 10.6 Å². The van der Waals surface area contributed by atoms with Crippen LogP contribution >= 0.6 is 0 Å². The molecule has 0 radical (unpaired) electrons. The van der Waals surface area contributed by atoms with Crippen molar-refractivity contribution in [1.29, 1.82) is 0 Å². The Morgan fingerprint density at radius 2 is 1.70 bits per heavy atom. The van der Waals surface area contributed by atoms with Crippen molar-refractivity contribution >= 4 is 17.5 Å². The largest absolute Gasteiger partial charge is 0.355 e. The summed E-state index contributed by atoms with van der Waals surface area (Å²) < 4.78 is 0. The monoisotopic (exact) mass is 268 g/mol. The number of aryl methyl sites for hydroxylation is 1. The third-order valence-corrected chi connectivity index (χ3v) is 2.93. The molecule has 0 aliphatic carbocycles. The lowest BCUT2D eigenvalue weighted by molar-refractivity contribution is 0.0964. The first-order valence-electron chi connectivity index (χ1n) is 6.31. The standard InChI is InChI=1S/C16H16N2O2/c1-11-6-5-7-12(10-11)15(19)18-14-9-4-3-8-13(14)16(20)17-2/h3-10H,1-2H3,(H,17,20)(H,18,19). The summed E-state index contributed by atoms with van der Waals surface area (Å²) in [5.41, 5.74) is 2.52. The number of carbonyl (C=O) groups excluding carboxylic acids is 2. The van der Waals surface area contributed by atoms with Gasteiger partial charge in [-0.1, -0.05) is 29.8 Å². The van der Waals surface area contributed by atoms with Crippen molar-refractivity contribution in [3.05, 3.63) is 65.2 Å². The van der Waals surface area contributed by atoms with Gasteiger partial charge in [0.1, 0.15) is 0 Å². The zero-order valence-electron chi connectivity index (χ0n) is 11.4. The summed E-state index contributed by atoms with van der Waals surface area (Å²) in [4.78, 5) is 23.9. The number of carbonyl (C=O) groups is 2. The first-order valence-corrected chi connectivity index (χ1v) is 6.31. The molecule has 2 amide bonds. The maximum atomic E-state index is 12.2. The van der Waals surface area contributed by atoms with E-state index in [4.69, 9.17) is 0 Å². The number of benzene rings is 2. The molecule has 0 saturated heterocycles. The summed E-state index contributed by atoms with van der Waals surface area (Å²) in [7, 11) is 1.56. The van der Waals surface area contributed by atoms with Gasteiger partial charge in [-0.05, 0) is 31.2 Å². The molecule has 4 heteroatoms. The van der Waals surface area contributed by atoms with Crippen LogP contribution in [0.15, 0.2) is 48.5 Å². The van der Waals surface area contributed by atoms with Crippen LogP contribution in [0.2, 0.25) is 0 Å². The fourth-order valence-corrected chi connectivity index (χ4v) is 1.91. The van der Waals surface area contributed by atoms with E-state index >= 15 is 0 Å². The van der Waals surface area contributed by atoms with Crippen LogP contribution < -0.4 is 10.6 Å². The quantitative estimate of drug-likeness (QED) is 0.899. The van der Waals surface area contributed by atoms with E-state index in [1.807, 2.05) is 19.1 Å². The van der Waals surface area contributed by atoms with Gasteiger partial charge in [0.2, 0.25) is 0 Å². The van der Waals surface area contributed by atoms with Crippen LogP contribution in [0.25, 0.3) is 0 Å². The van der Waals surface area contributed by atoms with Crippen LogP contribution in [0, 0.1) is 6.92 Å². The molecule has 0 atom stereocenters. The highest BCUT2D eigenvalue weighted by molar-refractivity contribution is 6.09. The highest BCUT2D eigenvalue weighted by atomic mass is 16.2. The maximum absolute atomic E-state index is 12.2. The third-order valence-electron chi connectivity index (χ3n) is 2.93. The van der Waals surface area contributed by atoms with Crippen molar-refractivity contribution in [2.45, 2.75) is 6.92 Å². The lowest BCUT2D eigenvalue weighted by Gasteiger charge is -2.10. The summed E-state index contributed by atoms with van der Waals surface area (Å²) in [5.74, 6) is -0.463. The molecule has 0 saturated carbocycles. The topological polar surface area (TPSA) is 58.2 Å². The fourth-order valence-electron chi connectivity index (χ4n) is 1.91. The predicted molar refractivity (Wildman–Crippen MR) is 79.0 cm³/mol. The van der Waals surface area contributed by atoms with Crippen LogP contribution in [0.1, 0.15) is 26.3 Å². The smallest absolute Gasteiger partial charge is 0.255 e. The normalized spacial score (nSPS) is 9.90. The second-order valence-corrected chi connectivity index (χ2v) is 4.45. The molecule has 2 N–H and O–H groups in total. The lowest BCUT2D eigenvalue weighted by Crippen LogP contribution is -2.21. The SMILES string of the molecule is CNC(=O)c1ccccc1NC(=O)c1cccc(C)c1. The summed E-state index contributed by atoms with van der Waals surface area (Å²) in [6.07, 6.45) is 0. The average Bonchev–Trinajstić information content (AvgIpc) is 2.47. The van der Waals surface area contributed by atoms with E-state index in [1.54, 1.807) is 43.4 Å². The lowest BCUT2D eigenvalue weighted by atomic mass is 10.1. The van der Waals surface area contributed by atoms with Crippen LogP contribution in [-0.2, 0) is 0 Å². The average molecular weight is 268 g/mol. The summed E-state index contributed by atoms with van der Waals surface area (Å²) in [6, 6.07) is 14.2. The second kappa shape index (κ2) is 6.02. The van der Waals surface area contributed by atoms with E-state index in [0.29, 0.717) is 16.8 Å². The van der Waals surface area contributed by atoms with Gasteiger partial charge in [-0.15, -0.1) is 0 Å². The molecule has 0 spiro atoms. The van der Waals surface area contributed by atoms with Gasteiger partial charge in [-0.2, -0.15) is 0 Å². The van der Waals surface area contributed by atoms with Gasteiger partial charge in [0.25, 0.3) is 11.8 Å². The van der Waals surface area contributed by atoms with E-state index in [9.17, 15) is 9.59 Å². The molecule has 0 heterocycles. The van der Waals surface area contributed by atoms with E-state index < -0.39 is 0 Å². The van der Waals surface area contributed by atoms with Gasteiger partial charge in [0.05, 0.1) is 11.3 Å². The highest BCUT2D eigenvalue weighted by Crippen LogP contribution is 2.16. The Bertz CT molecular complexity index is 650. The number of amides is 2. The van der Waals surface area contributed by atoms with Crippen molar-refractivity contribution in [3.63, 3.8) is 0 Å². The molecule has 0 fully saturated rings. The Labute approximate surface area is 117 Å². The van der Waals surface area contributed by atoms with Crippen LogP contribution in [0.3, 0.4) is 0 Å². The van der Waals surface area contributed by atoms with Gasteiger partial charge in [-0.25, -0.2) is 0 Å². The molecule has 0 bridgehead atoms. The van der Waals surface area contributed by atoms with Crippen LogP contribution in [0.4, 0.5) is 5.69 Å². The van der Waals surface area contributed by atoms with Crippen molar-refractivity contribution < 1.29 is 9.59 Å². The predicted octanol–water partition coefficient (Wildman–Crippen LogP) is 2.61. The highest BCUT2D eigenvalue weighted by Gasteiger charge is 2.12. The first kappa shape index (κ1) is 13.8. The molecule has 102 valence electrons. The van der Waals surface area contributed by atoms with Crippen molar-refractivity contribution in [1.82, 2.24) is 5.32 Å². The number of nitrogens with one attached hydrogen (secondary N) is 2. The molecule has 2 aromatic rings. The zero-order chi connectivity index (χ0) is 14.5. The minimum atomic E-state index is -0.231. The Hall–Kier alpha value is -2.62. The molecule has 0 aliphatic rings. The summed E-state index contributed by atoms with van der Waals surface area (Å²) in [5, 5.41) is 5.32. The van der Waals surface area contributed by atoms with Crippen molar-refractivity contribution in [2.24, 2.45) is 0 Å². The van der Waals surface area contributed by atoms with Crippen molar-refractivity contribution in [3.8, 4) is 0 Å². The molecule has 0 aromatic heterocycles. The van der Waals surface area contributed by atoms with Gasteiger partial charge in [0.15, 0.2) is 0 Å². The molecule has 20 heavy (non-hydrogen) atoms. The number of anilines is 1. The van der Waals surface area contributed by atoms with E-state index in [0.717, 1.165) is 5.56 Å². The van der Waals surface area contributed by atoms with Gasteiger partial charge < -0.3 is 10.6 Å². The molecule has 4 nitrogen and oxygen atoms in total. The molecule has 0 aliphatic heterocycles. The number of hydrogen-bond donors (Lipinski definition) is 2. The molecule has 2 rings (SSSR count). The zero-order valence-corrected chi connectivity index (χ0v) is 11.4. The number of rotatable bonds is 3. The van der Waals surface area contributed by atoms with Gasteiger partial charge in [-0.3, -0.25) is 9.59 Å². The molecular weight excluding hydrogens is 252 g/mol. The number of hydrogen-bond acceptors (Lipinski definition) is 2. The van der Waals surface area contributed by atoms with Crippen LogP contribution in [0.5, 0.6) is 0 Å². The minimum Gasteiger partial charge on any atom is -0.355 e. The van der Waals surface area contributed by atoms with Crippen LogP contribution in [-0.4, -0.2) is 18.9 Å². The maximum Gasteiger partial charge on any atom is 0.255 e. The Kier molecular flexibility index (Phi) is 4.15. The van der Waals surface area contributed by atoms with E-state index in [1.165, 1.54) is 0 Å². The fraction of sp³-hybridized carbons (Fsp3) is 0.125. The molecule has 0 unspecified atom stereocenters.